The summed E-state index contributed by atoms with van der Waals surface area (Å²) in [4.78, 5) is 2.45. The molecule has 1 N–H and O–H groups in total. The monoisotopic (exact) mass is 292 g/mol. The molecule has 2 fully saturated rings. The molecule has 20 heavy (non-hydrogen) atoms. The van der Waals surface area contributed by atoms with Crippen LogP contribution in [0.4, 0.5) is 13.2 Å². The molecule has 0 amide bonds. The Bertz CT molecular complexity index is 306. The van der Waals surface area contributed by atoms with Crippen molar-refractivity contribution in [2.75, 3.05) is 19.6 Å². The van der Waals surface area contributed by atoms with Gasteiger partial charge < -0.3 is 5.32 Å². The Kier molecular flexibility index (Phi) is 5.35. The van der Waals surface area contributed by atoms with Gasteiger partial charge in [-0.3, -0.25) is 4.90 Å². The van der Waals surface area contributed by atoms with Crippen LogP contribution in [0.15, 0.2) is 0 Å². The summed E-state index contributed by atoms with van der Waals surface area (Å²) in [5, 5.41) is 2.73. The minimum absolute atomic E-state index is 0.00488. The SMILES string of the molecule is CCCC1CC(NCC(F)(F)F)CN(C2CCC2C)C1. The molecule has 0 bridgehead atoms. The third-order valence-electron chi connectivity index (χ3n) is 4.90. The Hall–Kier alpha value is -0.290. The fourth-order valence-electron chi connectivity index (χ4n) is 3.73. The summed E-state index contributed by atoms with van der Waals surface area (Å²) in [5.41, 5.74) is 0. The number of nitrogens with one attached hydrogen (secondary N) is 1. The summed E-state index contributed by atoms with van der Waals surface area (Å²) in [6.45, 7) is 5.42. The van der Waals surface area contributed by atoms with Crippen LogP contribution in [0.3, 0.4) is 0 Å². The van der Waals surface area contributed by atoms with Gasteiger partial charge in [0.05, 0.1) is 6.54 Å². The van der Waals surface area contributed by atoms with Gasteiger partial charge in [-0.05, 0) is 37.5 Å². The molecule has 0 aromatic rings. The van der Waals surface area contributed by atoms with Gasteiger partial charge in [-0.1, -0.05) is 20.3 Å². The van der Waals surface area contributed by atoms with Crippen molar-refractivity contribution in [1.29, 1.82) is 0 Å². The average Bonchev–Trinajstić information content (AvgIpc) is 2.34. The fraction of sp³-hybridized carbons (Fsp3) is 1.00. The zero-order chi connectivity index (χ0) is 14.8. The molecule has 2 rings (SSSR count). The molecule has 1 saturated carbocycles. The highest BCUT2D eigenvalue weighted by molar-refractivity contribution is 4.93. The summed E-state index contributed by atoms with van der Waals surface area (Å²) >= 11 is 0. The first-order chi connectivity index (χ1) is 9.39. The van der Waals surface area contributed by atoms with E-state index in [1.165, 1.54) is 12.8 Å². The van der Waals surface area contributed by atoms with Gasteiger partial charge >= 0.3 is 6.18 Å². The van der Waals surface area contributed by atoms with Crippen LogP contribution >= 0.6 is 0 Å². The number of piperidine rings is 1. The third kappa shape index (κ3) is 4.35. The average molecular weight is 292 g/mol. The highest BCUT2D eigenvalue weighted by Crippen LogP contribution is 2.35. The van der Waals surface area contributed by atoms with Gasteiger partial charge in [0.25, 0.3) is 0 Å². The topological polar surface area (TPSA) is 15.3 Å². The molecule has 1 aliphatic heterocycles. The molecular weight excluding hydrogens is 265 g/mol. The molecule has 4 atom stereocenters. The standard InChI is InChI=1S/C15H27F3N2/c1-3-4-12-7-13(19-10-15(16,17)18)9-20(8-12)14-6-5-11(14)2/h11-14,19H,3-10H2,1-2H3. The molecule has 2 nitrogen and oxygen atoms in total. The van der Waals surface area contributed by atoms with Crippen LogP contribution in [-0.4, -0.2) is 42.8 Å². The van der Waals surface area contributed by atoms with Crippen molar-refractivity contribution in [1.82, 2.24) is 10.2 Å². The number of rotatable bonds is 5. The lowest BCUT2D eigenvalue weighted by atomic mass is 9.78. The Balaban J connectivity index is 1.90. The van der Waals surface area contributed by atoms with Crippen molar-refractivity contribution in [3.05, 3.63) is 0 Å². The zero-order valence-corrected chi connectivity index (χ0v) is 12.5. The maximum absolute atomic E-state index is 12.4. The highest BCUT2D eigenvalue weighted by Gasteiger charge is 2.38. The minimum atomic E-state index is -4.10. The molecule has 118 valence electrons. The first-order valence-electron chi connectivity index (χ1n) is 7.93. The van der Waals surface area contributed by atoms with E-state index in [4.69, 9.17) is 0 Å². The van der Waals surface area contributed by atoms with Gasteiger partial charge in [-0.15, -0.1) is 0 Å². The Morgan fingerprint density at radius 1 is 1.20 bits per heavy atom. The normalized spacial score (nSPS) is 35.9. The summed E-state index contributed by atoms with van der Waals surface area (Å²) in [6, 6.07) is 0.597. The predicted molar refractivity (Wildman–Crippen MR) is 74.6 cm³/mol. The van der Waals surface area contributed by atoms with E-state index in [2.05, 4.69) is 24.1 Å². The minimum Gasteiger partial charge on any atom is -0.305 e. The van der Waals surface area contributed by atoms with E-state index in [0.29, 0.717) is 17.9 Å². The van der Waals surface area contributed by atoms with Gasteiger partial charge in [0.15, 0.2) is 0 Å². The Morgan fingerprint density at radius 3 is 2.45 bits per heavy atom. The second-order valence-corrected chi connectivity index (χ2v) is 6.66. The molecule has 1 heterocycles. The van der Waals surface area contributed by atoms with Crippen LogP contribution < -0.4 is 5.32 Å². The highest BCUT2D eigenvalue weighted by atomic mass is 19.4. The smallest absolute Gasteiger partial charge is 0.305 e. The van der Waals surface area contributed by atoms with Crippen LogP contribution in [0.25, 0.3) is 0 Å². The molecule has 2 aliphatic rings. The lowest BCUT2D eigenvalue weighted by molar-refractivity contribution is -0.127. The number of hydrogen-bond acceptors (Lipinski definition) is 2. The molecule has 1 saturated heterocycles. The molecule has 0 spiro atoms. The van der Waals surface area contributed by atoms with Crippen LogP contribution in [-0.2, 0) is 0 Å². The number of hydrogen-bond donors (Lipinski definition) is 1. The number of likely N-dealkylation sites (tertiary alicyclic amines) is 1. The quantitative estimate of drug-likeness (QED) is 0.835. The van der Waals surface area contributed by atoms with Gasteiger partial charge in [0.2, 0.25) is 0 Å². The van der Waals surface area contributed by atoms with E-state index < -0.39 is 12.7 Å². The zero-order valence-electron chi connectivity index (χ0n) is 12.5. The Labute approximate surface area is 120 Å². The van der Waals surface area contributed by atoms with E-state index in [9.17, 15) is 13.2 Å². The maximum Gasteiger partial charge on any atom is 0.401 e. The first kappa shape index (κ1) is 16.1. The molecule has 0 aromatic heterocycles. The molecular formula is C15H27F3N2. The van der Waals surface area contributed by atoms with Gasteiger partial charge in [-0.2, -0.15) is 13.2 Å². The van der Waals surface area contributed by atoms with Gasteiger partial charge in [-0.25, -0.2) is 0 Å². The summed E-state index contributed by atoms with van der Waals surface area (Å²) < 4.78 is 37.1. The predicted octanol–water partition coefficient (Wildman–Crippen LogP) is 3.43. The molecule has 1 aliphatic carbocycles. The van der Waals surface area contributed by atoms with Crippen LogP contribution in [0.2, 0.25) is 0 Å². The molecule has 0 radical (unpaired) electrons. The number of halogens is 3. The Morgan fingerprint density at radius 2 is 1.95 bits per heavy atom. The lowest BCUT2D eigenvalue weighted by Crippen LogP contribution is -2.57. The van der Waals surface area contributed by atoms with Crippen molar-refractivity contribution in [3.8, 4) is 0 Å². The van der Waals surface area contributed by atoms with E-state index >= 15 is 0 Å². The number of alkyl halides is 3. The second kappa shape index (κ2) is 6.65. The van der Waals surface area contributed by atoms with E-state index in [-0.39, 0.29) is 6.04 Å². The number of nitrogens with zero attached hydrogens (tertiary/aromatic N) is 1. The van der Waals surface area contributed by atoms with Crippen LogP contribution in [0.5, 0.6) is 0 Å². The summed E-state index contributed by atoms with van der Waals surface area (Å²) in [7, 11) is 0. The van der Waals surface area contributed by atoms with E-state index in [0.717, 1.165) is 32.4 Å². The molecule has 0 aromatic carbocycles. The second-order valence-electron chi connectivity index (χ2n) is 6.66. The van der Waals surface area contributed by atoms with E-state index in [1.54, 1.807) is 0 Å². The van der Waals surface area contributed by atoms with Gasteiger partial charge in [0.1, 0.15) is 0 Å². The van der Waals surface area contributed by atoms with Crippen LogP contribution in [0.1, 0.15) is 46.0 Å². The van der Waals surface area contributed by atoms with Crippen LogP contribution in [0, 0.1) is 11.8 Å². The molecule has 5 heteroatoms. The van der Waals surface area contributed by atoms with Crippen molar-refractivity contribution < 1.29 is 13.2 Å². The summed E-state index contributed by atoms with van der Waals surface area (Å²) in [6.07, 6.45) is 1.51. The van der Waals surface area contributed by atoms with Crippen molar-refractivity contribution in [2.45, 2.75) is 64.2 Å². The fourth-order valence-corrected chi connectivity index (χ4v) is 3.73. The molecule has 4 unspecified atom stereocenters. The van der Waals surface area contributed by atoms with Crippen molar-refractivity contribution in [3.63, 3.8) is 0 Å². The van der Waals surface area contributed by atoms with Crippen molar-refractivity contribution in [2.24, 2.45) is 11.8 Å². The maximum atomic E-state index is 12.4. The summed E-state index contributed by atoms with van der Waals surface area (Å²) in [5.74, 6) is 1.26. The first-order valence-corrected chi connectivity index (χ1v) is 7.93. The lowest BCUT2D eigenvalue weighted by Gasteiger charge is -2.48. The van der Waals surface area contributed by atoms with Crippen molar-refractivity contribution >= 4 is 0 Å². The van der Waals surface area contributed by atoms with E-state index in [1.807, 2.05) is 0 Å². The third-order valence-corrected chi connectivity index (χ3v) is 4.90. The van der Waals surface area contributed by atoms with Gasteiger partial charge in [0, 0.05) is 25.2 Å². The largest absolute Gasteiger partial charge is 0.401 e.